The van der Waals surface area contributed by atoms with Crippen molar-refractivity contribution in [2.45, 2.75) is 33.3 Å². The average Bonchev–Trinajstić information content (AvgIpc) is 2.42. The molecule has 0 aromatic rings. The van der Waals surface area contributed by atoms with Crippen LogP contribution in [0.3, 0.4) is 0 Å². The lowest BCUT2D eigenvalue weighted by Crippen LogP contribution is -2.34. The summed E-state index contributed by atoms with van der Waals surface area (Å²) in [6.45, 7) is 9.94. The molecule has 0 aliphatic carbocycles. The monoisotopic (exact) mass is 333 g/mol. The minimum atomic E-state index is -0.632. The van der Waals surface area contributed by atoms with Gasteiger partial charge < -0.3 is 14.8 Å². The van der Waals surface area contributed by atoms with Crippen LogP contribution in [0.5, 0.6) is 0 Å². The van der Waals surface area contributed by atoms with Gasteiger partial charge in [0.2, 0.25) is 5.29 Å². The van der Waals surface area contributed by atoms with Crippen LogP contribution in [0, 0.1) is 0 Å². The van der Waals surface area contributed by atoms with Crippen molar-refractivity contribution in [3.05, 3.63) is 23.9 Å². The SMILES string of the molecule is C=NC(Cl)=N/C=C(\C)OC/C(=C/F)CNC(=O)OC(C)(C)C. The van der Waals surface area contributed by atoms with Crippen LogP contribution in [0.2, 0.25) is 0 Å². The lowest BCUT2D eigenvalue weighted by atomic mass is 10.2. The molecule has 0 heterocycles. The lowest BCUT2D eigenvalue weighted by molar-refractivity contribution is 0.0531. The predicted octanol–water partition coefficient (Wildman–Crippen LogP) is 3.54. The molecule has 0 spiro atoms. The number of ether oxygens (including phenoxy) is 2. The molecular formula is C14H21ClFN3O3. The number of nitrogens with one attached hydrogen (secondary N) is 1. The van der Waals surface area contributed by atoms with Crippen LogP contribution in [-0.2, 0) is 9.47 Å². The second-order valence-corrected chi connectivity index (χ2v) is 5.55. The first-order valence-electron chi connectivity index (χ1n) is 6.42. The van der Waals surface area contributed by atoms with E-state index in [9.17, 15) is 9.18 Å². The van der Waals surface area contributed by atoms with E-state index in [1.807, 2.05) is 0 Å². The Hall–Kier alpha value is -1.89. The summed E-state index contributed by atoms with van der Waals surface area (Å²) >= 11 is 5.52. The van der Waals surface area contributed by atoms with Crippen LogP contribution >= 0.6 is 11.6 Å². The molecule has 0 saturated heterocycles. The first-order chi connectivity index (χ1) is 10.2. The zero-order chi connectivity index (χ0) is 17.2. The normalized spacial score (nSPS) is 13.6. The third-order valence-electron chi connectivity index (χ3n) is 1.98. The highest BCUT2D eigenvalue weighted by Gasteiger charge is 2.16. The van der Waals surface area contributed by atoms with Gasteiger partial charge in [-0.25, -0.2) is 19.2 Å². The molecule has 0 saturated carbocycles. The number of nitrogens with zero attached hydrogens (tertiary/aromatic N) is 2. The number of carbonyl (C=O) groups excluding carboxylic acids is 1. The van der Waals surface area contributed by atoms with E-state index < -0.39 is 11.7 Å². The Morgan fingerprint density at radius 1 is 1.45 bits per heavy atom. The number of rotatable bonds is 6. The standard InChI is InChI=1S/C14H21ClFN3O3/c1-10(7-18-12(15)17-5)21-9-11(6-16)8-19-13(20)22-14(2,3)4/h6-7H,5,8-9H2,1-4H3,(H,19,20)/b10-7+,11-6+,18-12?. The lowest BCUT2D eigenvalue weighted by Gasteiger charge is -2.20. The molecule has 8 heteroatoms. The maximum Gasteiger partial charge on any atom is 0.407 e. The number of carbonyl (C=O) groups is 1. The molecule has 0 aliphatic heterocycles. The maximum absolute atomic E-state index is 12.7. The summed E-state index contributed by atoms with van der Waals surface area (Å²) in [4.78, 5) is 18.5. The fourth-order valence-corrected chi connectivity index (χ4v) is 1.10. The van der Waals surface area contributed by atoms with Gasteiger partial charge in [-0.3, -0.25) is 0 Å². The molecule has 0 bridgehead atoms. The number of halogens is 2. The molecule has 0 aromatic carbocycles. The molecule has 0 unspecified atom stereocenters. The van der Waals surface area contributed by atoms with Crippen LogP contribution in [0.4, 0.5) is 9.18 Å². The molecule has 0 aliphatic rings. The molecule has 0 rings (SSSR count). The zero-order valence-corrected chi connectivity index (χ0v) is 13.9. The topological polar surface area (TPSA) is 72.3 Å². The summed E-state index contributed by atoms with van der Waals surface area (Å²) in [6, 6.07) is 0. The van der Waals surface area contributed by atoms with E-state index in [2.05, 4.69) is 22.0 Å². The van der Waals surface area contributed by atoms with Crippen molar-refractivity contribution in [1.82, 2.24) is 5.32 Å². The summed E-state index contributed by atoms with van der Waals surface area (Å²) in [7, 11) is 0. The van der Waals surface area contributed by atoms with Crippen LogP contribution in [0.25, 0.3) is 0 Å². The molecule has 124 valence electrons. The largest absolute Gasteiger partial charge is 0.492 e. The van der Waals surface area contributed by atoms with Crippen molar-refractivity contribution in [3.63, 3.8) is 0 Å². The van der Waals surface area contributed by atoms with Crippen molar-refractivity contribution in [2.75, 3.05) is 13.2 Å². The summed E-state index contributed by atoms with van der Waals surface area (Å²) in [5, 5.41) is 2.40. The van der Waals surface area contributed by atoms with E-state index in [4.69, 9.17) is 21.1 Å². The summed E-state index contributed by atoms with van der Waals surface area (Å²) < 4.78 is 23.0. The third kappa shape index (κ3) is 10.8. The molecule has 6 nitrogen and oxygen atoms in total. The van der Waals surface area contributed by atoms with Gasteiger partial charge in [0, 0.05) is 12.1 Å². The second-order valence-electron chi connectivity index (χ2n) is 5.21. The van der Waals surface area contributed by atoms with Gasteiger partial charge in [0.25, 0.3) is 0 Å². The number of alkyl carbamates (subject to hydrolysis) is 1. The Morgan fingerprint density at radius 3 is 2.59 bits per heavy atom. The summed E-state index contributed by atoms with van der Waals surface area (Å²) in [5.41, 5.74) is -0.383. The molecule has 1 N–H and O–H groups in total. The van der Waals surface area contributed by atoms with Crippen molar-refractivity contribution in [2.24, 2.45) is 9.98 Å². The molecule has 22 heavy (non-hydrogen) atoms. The van der Waals surface area contributed by atoms with Gasteiger partial charge in [0.15, 0.2) is 0 Å². The van der Waals surface area contributed by atoms with Gasteiger partial charge in [-0.15, -0.1) is 0 Å². The van der Waals surface area contributed by atoms with E-state index in [-0.39, 0.29) is 24.0 Å². The fraction of sp³-hybridized carbons (Fsp3) is 0.500. The van der Waals surface area contributed by atoms with Crippen molar-refractivity contribution in [3.8, 4) is 0 Å². The van der Waals surface area contributed by atoms with Gasteiger partial charge >= 0.3 is 6.09 Å². The van der Waals surface area contributed by atoms with Gasteiger partial charge in [-0.05, 0) is 46.0 Å². The first-order valence-corrected chi connectivity index (χ1v) is 6.80. The van der Waals surface area contributed by atoms with Gasteiger partial charge in [-0.1, -0.05) is 0 Å². The van der Waals surface area contributed by atoms with Crippen LogP contribution in [0.15, 0.2) is 33.8 Å². The fourth-order valence-electron chi connectivity index (χ4n) is 1.05. The highest BCUT2D eigenvalue weighted by Crippen LogP contribution is 2.07. The third-order valence-corrected chi connectivity index (χ3v) is 2.20. The van der Waals surface area contributed by atoms with E-state index in [0.717, 1.165) is 0 Å². The predicted molar refractivity (Wildman–Crippen MR) is 86.0 cm³/mol. The molecule has 0 fully saturated rings. The van der Waals surface area contributed by atoms with Crippen molar-refractivity contribution in [1.29, 1.82) is 0 Å². The van der Waals surface area contributed by atoms with E-state index in [0.29, 0.717) is 12.1 Å². The Balaban J connectivity index is 4.29. The summed E-state index contributed by atoms with van der Waals surface area (Å²) in [6.07, 6.45) is 1.06. The van der Waals surface area contributed by atoms with Crippen LogP contribution in [-0.4, -0.2) is 36.9 Å². The van der Waals surface area contributed by atoms with Gasteiger partial charge in [0.1, 0.15) is 18.0 Å². The summed E-state index contributed by atoms with van der Waals surface area (Å²) in [5.74, 6) is 0.401. The van der Waals surface area contributed by atoms with Crippen LogP contribution < -0.4 is 5.32 Å². The van der Waals surface area contributed by atoms with E-state index in [1.165, 1.54) is 6.20 Å². The molecule has 0 radical (unpaired) electrons. The molecule has 0 aromatic heterocycles. The highest BCUT2D eigenvalue weighted by atomic mass is 35.5. The number of hydrogen-bond acceptors (Lipinski definition) is 4. The number of amides is 1. The Labute approximate surface area is 134 Å². The Morgan fingerprint density at radius 2 is 2.09 bits per heavy atom. The Kier molecular flexibility index (Phi) is 9.09. The number of amidine groups is 1. The highest BCUT2D eigenvalue weighted by molar-refractivity contribution is 6.65. The number of hydrogen-bond donors (Lipinski definition) is 1. The molecule has 1 amide bonds. The van der Waals surface area contributed by atoms with E-state index in [1.54, 1.807) is 27.7 Å². The van der Waals surface area contributed by atoms with Crippen molar-refractivity contribution < 1.29 is 18.7 Å². The molecular weight excluding hydrogens is 313 g/mol. The number of aliphatic imine (C=N–C) groups is 2. The van der Waals surface area contributed by atoms with Gasteiger partial charge in [0.05, 0.1) is 12.5 Å². The average molecular weight is 334 g/mol. The number of allylic oxidation sites excluding steroid dienone is 1. The van der Waals surface area contributed by atoms with Crippen molar-refractivity contribution >= 4 is 29.7 Å². The minimum Gasteiger partial charge on any atom is -0.492 e. The van der Waals surface area contributed by atoms with Crippen LogP contribution in [0.1, 0.15) is 27.7 Å². The van der Waals surface area contributed by atoms with Gasteiger partial charge in [-0.2, -0.15) is 0 Å². The first kappa shape index (κ1) is 20.1. The quantitative estimate of drug-likeness (QED) is 0.350. The minimum absolute atomic E-state index is 0.0308. The van der Waals surface area contributed by atoms with E-state index >= 15 is 0 Å². The second kappa shape index (κ2) is 9.94. The Bertz CT molecular complexity index is 482. The smallest absolute Gasteiger partial charge is 0.407 e. The zero-order valence-electron chi connectivity index (χ0n) is 13.2. The molecule has 0 atom stereocenters. The maximum atomic E-state index is 12.7.